The second kappa shape index (κ2) is 7.69. The Morgan fingerprint density at radius 3 is 2.60 bits per heavy atom. The number of hydrogen-bond acceptors (Lipinski definition) is 8. The summed E-state index contributed by atoms with van der Waals surface area (Å²) in [6.07, 6.45) is 3.63. The van der Waals surface area contributed by atoms with Crippen molar-refractivity contribution in [1.29, 1.82) is 0 Å². The maximum absolute atomic E-state index is 13.0. The minimum Gasteiger partial charge on any atom is -0.472 e. The van der Waals surface area contributed by atoms with Gasteiger partial charge in [-0.3, -0.25) is 14.4 Å². The van der Waals surface area contributed by atoms with E-state index in [2.05, 4.69) is 20.4 Å². The molecule has 3 saturated heterocycles. The van der Waals surface area contributed by atoms with Gasteiger partial charge in [0.05, 0.1) is 45.0 Å². The molecule has 2 bridgehead atoms. The van der Waals surface area contributed by atoms with Crippen molar-refractivity contribution in [2.24, 2.45) is 22.7 Å². The summed E-state index contributed by atoms with van der Waals surface area (Å²) < 4.78 is 29.1. The normalized spacial score (nSPS) is 42.1. The summed E-state index contributed by atoms with van der Waals surface area (Å²) in [5.41, 5.74) is -1.58. The lowest BCUT2D eigenvalue weighted by atomic mass is 9.45. The van der Waals surface area contributed by atoms with E-state index in [4.69, 9.17) is 23.4 Å². The number of rotatable bonds is 3. The zero-order valence-corrected chi connectivity index (χ0v) is 21.1. The van der Waals surface area contributed by atoms with Crippen molar-refractivity contribution in [3.8, 4) is 0 Å². The largest absolute Gasteiger partial charge is 0.472 e. The van der Waals surface area contributed by atoms with Gasteiger partial charge >= 0.3 is 17.9 Å². The fraction of sp³-hybridized carbons (Fsp3) is 0.667. The van der Waals surface area contributed by atoms with Crippen LogP contribution in [0.1, 0.15) is 71.5 Å². The Labute approximate surface area is 205 Å². The summed E-state index contributed by atoms with van der Waals surface area (Å²) in [6.45, 7) is 12.4. The van der Waals surface area contributed by atoms with Crippen molar-refractivity contribution < 1.29 is 37.7 Å². The molecule has 8 heteroatoms. The average molecular weight is 487 g/mol. The van der Waals surface area contributed by atoms with E-state index >= 15 is 0 Å². The number of carbonyl (C=O) groups is 3. The third-order valence-corrected chi connectivity index (χ3v) is 9.59. The quantitative estimate of drug-likeness (QED) is 0.354. The highest BCUT2D eigenvalue weighted by Gasteiger charge is 2.72. The monoisotopic (exact) mass is 486 g/mol. The van der Waals surface area contributed by atoms with Crippen LogP contribution in [-0.4, -0.2) is 42.3 Å². The molecule has 1 saturated carbocycles. The lowest BCUT2D eigenvalue weighted by Crippen LogP contribution is -2.70. The lowest BCUT2D eigenvalue weighted by molar-refractivity contribution is -0.290. The molecule has 3 aliphatic heterocycles. The van der Waals surface area contributed by atoms with Crippen molar-refractivity contribution in [3.05, 3.63) is 36.3 Å². The number of cyclic esters (lactones) is 2. The molecule has 8 nitrogen and oxygen atoms in total. The molecule has 4 aliphatic rings. The fourth-order valence-electron chi connectivity index (χ4n) is 7.78. The van der Waals surface area contributed by atoms with Gasteiger partial charge in [0.15, 0.2) is 0 Å². The first-order chi connectivity index (χ1) is 16.4. The highest BCUT2D eigenvalue weighted by atomic mass is 16.6. The Balaban J connectivity index is 1.65. The van der Waals surface area contributed by atoms with Gasteiger partial charge in [0, 0.05) is 22.3 Å². The molecular weight excluding hydrogens is 452 g/mol. The molecule has 0 radical (unpaired) electrons. The predicted octanol–water partition coefficient (Wildman–Crippen LogP) is 4.29. The number of ether oxygens (including phenoxy) is 4. The van der Waals surface area contributed by atoms with Crippen LogP contribution >= 0.6 is 0 Å². The first kappa shape index (κ1) is 24.1. The van der Waals surface area contributed by atoms with E-state index in [-0.39, 0.29) is 49.0 Å². The van der Waals surface area contributed by atoms with Gasteiger partial charge in [-0.1, -0.05) is 20.4 Å². The Hall–Kier alpha value is -2.61. The zero-order valence-electron chi connectivity index (χ0n) is 21.1. The Kier molecular flexibility index (Phi) is 5.30. The molecule has 1 aromatic rings. The lowest BCUT2D eigenvalue weighted by Gasteiger charge is -2.68. The van der Waals surface area contributed by atoms with Gasteiger partial charge in [-0.15, -0.1) is 0 Å². The van der Waals surface area contributed by atoms with Crippen molar-refractivity contribution in [2.45, 2.75) is 83.2 Å². The zero-order chi connectivity index (χ0) is 25.4. The number of carbonyl (C=O) groups excluding carboxylic acids is 3. The van der Waals surface area contributed by atoms with E-state index in [0.717, 1.165) is 17.6 Å². The van der Waals surface area contributed by atoms with Gasteiger partial charge in [-0.25, -0.2) is 0 Å². The van der Waals surface area contributed by atoms with Gasteiger partial charge in [-0.05, 0) is 44.2 Å². The van der Waals surface area contributed by atoms with Crippen LogP contribution in [0.4, 0.5) is 0 Å². The third kappa shape index (κ3) is 3.18. The van der Waals surface area contributed by atoms with E-state index in [0.29, 0.717) is 6.42 Å². The van der Waals surface area contributed by atoms with Crippen LogP contribution in [0, 0.1) is 22.7 Å². The summed E-state index contributed by atoms with van der Waals surface area (Å²) in [5.74, 6) is -1.58. The smallest absolute Gasteiger partial charge is 0.309 e. The summed E-state index contributed by atoms with van der Waals surface area (Å²) in [6, 6.07) is 1.81. The molecule has 7 unspecified atom stereocenters. The third-order valence-electron chi connectivity index (χ3n) is 9.59. The maximum Gasteiger partial charge on any atom is 0.309 e. The van der Waals surface area contributed by atoms with E-state index in [9.17, 15) is 14.4 Å². The molecule has 1 aliphatic carbocycles. The standard InChI is InChI=1S/C27H34O8/c1-15-17-7-9-25(4)23(16-8-10-32-14-16)33-22(30)13-27(15,25)34-19-12-21(29)35-24(2,3)18(26(17,19)5)11-20(28)31-6/h8,10,14,17-19,23H,1,7,9,11-13H2,2-6H3. The first-order valence-corrected chi connectivity index (χ1v) is 12.3. The van der Waals surface area contributed by atoms with Crippen LogP contribution in [0.15, 0.2) is 35.2 Å². The van der Waals surface area contributed by atoms with E-state index in [1.807, 2.05) is 19.9 Å². The molecule has 0 amide bonds. The van der Waals surface area contributed by atoms with Gasteiger partial charge < -0.3 is 23.4 Å². The van der Waals surface area contributed by atoms with Gasteiger partial charge in [-0.2, -0.15) is 0 Å². The maximum atomic E-state index is 13.0. The fourth-order valence-corrected chi connectivity index (χ4v) is 7.78. The molecule has 0 N–H and O–H groups in total. The van der Waals surface area contributed by atoms with Crippen molar-refractivity contribution in [3.63, 3.8) is 0 Å². The van der Waals surface area contributed by atoms with Gasteiger partial charge in [0.1, 0.15) is 17.3 Å². The Morgan fingerprint density at radius 1 is 1.20 bits per heavy atom. The number of furan rings is 1. The number of methoxy groups -OCH3 is 1. The first-order valence-electron chi connectivity index (χ1n) is 12.3. The Bertz CT molecular complexity index is 1070. The molecule has 1 aromatic heterocycles. The summed E-state index contributed by atoms with van der Waals surface area (Å²) in [7, 11) is 1.36. The molecule has 4 heterocycles. The van der Waals surface area contributed by atoms with Crippen LogP contribution in [0.5, 0.6) is 0 Å². The van der Waals surface area contributed by atoms with Gasteiger partial charge in [0.25, 0.3) is 0 Å². The summed E-state index contributed by atoms with van der Waals surface area (Å²) in [4.78, 5) is 38.5. The van der Waals surface area contributed by atoms with Crippen molar-refractivity contribution >= 4 is 17.9 Å². The van der Waals surface area contributed by atoms with Crippen molar-refractivity contribution in [2.75, 3.05) is 7.11 Å². The van der Waals surface area contributed by atoms with Crippen molar-refractivity contribution in [1.82, 2.24) is 0 Å². The molecule has 1 spiro atoms. The van der Waals surface area contributed by atoms with Gasteiger partial charge in [0.2, 0.25) is 0 Å². The molecule has 7 atom stereocenters. The minimum absolute atomic E-state index is 0.0277. The molecule has 4 fully saturated rings. The molecular formula is C27H34O8. The highest BCUT2D eigenvalue weighted by molar-refractivity contribution is 5.75. The molecule has 5 rings (SSSR count). The van der Waals surface area contributed by atoms with Crippen LogP contribution in [-0.2, 0) is 33.3 Å². The second-order valence-electron chi connectivity index (χ2n) is 11.6. The van der Waals surface area contributed by atoms with E-state index in [1.54, 1.807) is 12.5 Å². The number of hydrogen-bond donors (Lipinski definition) is 0. The van der Waals surface area contributed by atoms with E-state index in [1.165, 1.54) is 7.11 Å². The SMILES string of the molecule is C=C1C2CCC3(C)C(c4ccoc4)OC(=O)CC13OC1CC(=O)OC(C)(C)C(CC(=O)OC)C12C. The second-order valence-corrected chi connectivity index (χ2v) is 11.6. The van der Waals surface area contributed by atoms with Crippen LogP contribution < -0.4 is 0 Å². The van der Waals surface area contributed by atoms with Crippen LogP contribution in [0.25, 0.3) is 0 Å². The molecule has 0 aromatic carbocycles. The predicted molar refractivity (Wildman–Crippen MR) is 123 cm³/mol. The average Bonchev–Trinajstić information content (AvgIpc) is 3.29. The number of fused-ring (bicyclic) bond motifs is 3. The topological polar surface area (TPSA) is 101 Å². The van der Waals surface area contributed by atoms with E-state index < -0.39 is 34.2 Å². The number of esters is 3. The molecule has 35 heavy (non-hydrogen) atoms. The summed E-state index contributed by atoms with van der Waals surface area (Å²) in [5, 5.41) is 0. The van der Waals surface area contributed by atoms with Crippen LogP contribution in [0.2, 0.25) is 0 Å². The summed E-state index contributed by atoms with van der Waals surface area (Å²) >= 11 is 0. The Morgan fingerprint density at radius 2 is 1.94 bits per heavy atom. The molecule has 190 valence electrons. The minimum atomic E-state index is -1.01. The van der Waals surface area contributed by atoms with Crippen LogP contribution in [0.3, 0.4) is 0 Å². The highest BCUT2D eigenvalue weighted by Crippen LogP contribution is 2.70.